The lowest BCUT2D eigenvalue weighted by Gasteiger charge is -2.18. The minimum Gasteiger partial charge on any atom is -0.492 e. The van der Waals surface area contributed by atoms with Gasteiger partial charge in [0.2, 0.25) is 0 Å². The lowest BCUT2D eigenvalue weighted by Crippen LogP contribution is -2.27. The summed E-state index contributed by atoms with van der Waals surface area (Å²) < 4.78 is 8.41. The molecule has 0 saturated heterocycles. The zero-order valence-corrected chi connectivity index (χ0v) is 18.7. The summed E-state index contributed by atoms with van der Waals surface area (Å²) in [5, 5.41) is 0. The molecule has 0 aliphatic carbocycles. The number of aryl methyl sites for hydroxylation is 1. The molecule has 0 unspecified atom stereocenters. The lowest BCUT2D eigenvalue weighted by molar-refractivity contribution is 0.223. The van der Waals surface area contributed by atoms with Crippen LogP contribution in [0.15, 0.2) is 72.8 Å². The van der Waals surface area contributed by atoms with Gasteiger partial charge in [-0.05, 0) is 43.8 Å². The van der Waals surface area contributed by atoms with Crippen molar-refractivity contribution in [3.05, 3.63) is 83.9 Å². The first-order valence-corrected chi connectivity index (χ1v) is 11.1. The summed E-state index contributed by atoms with van der Waals surface area (Å²) >= 11 is 0. The molecule has 0 spiro atoms. The number of imidazole rings is 1. The van der Waals surface area contributed by atoms with E-state index in [0.717, 1.165) is 54.3 Å². The van der Waals surface area contributed by atoms with E-state index in [1.54, 1.807) is 0 Å². The van der Waals surface area contributed by atoms with Gasteiger partial charge >= 0.3 is 0 Å². The van der Waals surface area contributed by atoms with Crippen LogP contribution in [-0.2, 0) is 6.54 Å². The highest BCUT2D eigenvalue weighted by molar-refractivity contribution is 5.82. The van der Waals surface area contributed by atoms with E-state index in [-0.39, 0.29) is 0 Å². The molecule has 0 radical (unpaired) electrons. The van der Waals surface area contributed by atoms with Crippen molar-refractivity contribution in [3.63, 3.8) is 0 Å². The molecule has 0 bridgehead atoms. The summed E-state index contributed by atoms with van der Waals surface area (Å²) in [7, 11) is 0. The predicted octanol–water partition coefficient (Wildman–Crippen LogP) is 5.78. The van der Waals surface area contributed by atoms with Crippen molar-refractivity contribution in [1.29, 1.82) is 0 Å². The largest absolute Gasteiger partial charge is 0.492 e. The number of benzene rings is 3. The van der Waals surface area contributed by atoms with E-state index < -0.39 is 0 Å². The van der Waals surface area contributed by atoms with Crippen LogP contribution in [0.25, 0.3) is 22.4 Å². The molecule has 0 aliphatic heterocycles. The third kappa shape index (κ3) is 4.97. The Kier molecular flexibility index (Phi) is 6.68. The highest BCUT2D eigenvalue weighted by Gasteiger charge is 2.14. The Morgan fingerprint density at radius 1 is 0.903 bits per heavy atom. The van der Waals surface area contributed by atoms with Crippen molar-refractivity contribution >= 4 is 11.0 Å². The van der Waals surface area contributed by atoms with Crippen LogP contribution in [0.1, 0.15) is 25.0 Å². The van der Waals surface area contributed by atoms with Crippen LogP contribution in [0.3, 0.4) is 0 Å². The van der Waals surface area contributed by atoms with E-state index in [2.05, 4.69) is 97.0 Å². The van der Waals surface area contributed by atoms with Gasteiger partial charge in [-0.25, -0.2) is 4.98 Å². The number of aromatic nitrogens is 2. The number of ether oxygens (including phenoxy) is 1. The Labute approximate surface area is 185 Å². The molecular formula is C27H31N3O. The highest BCUT2D eigenvalue weighted by atomic mass is 16.5. The summed E-state index contributed by atoms with van der Waals surface area (Å²) in [5.41, 5.74) is 5.71. The van der Waals surface area contributed by atoms with Gasteiger partial charge in [0.1, 0.15) is 18.2 Å². The van der Waals surface area contributed by atoms with E-state index in [9.17, 15) is 0 Å². The fourth-order valence-electron chi connectivity index (χ4n) is 3.96. The summed E-state index contributed by atoms with van der Waals surface area (Å²) in [6, 6.07) is 25.3. The lowest BCUT2D eigenvalue weighted by atomic mass is 10.1. The molecule has 4 heteroatoms. The Balaban J connectivity index is 1.70. The molecule has 160 valence electrons. The Hall–Kier alpha value is -3.11. The van der Waals surface area contributed by atoms with Crippen LogP contribution in [0.2, 0.25) is 0 Å². The van der Waals surface area contributed by atoms with Gasteiger partial charge in [0.15, 0.2) is 0 Å². The minimum atomic E-state index is 0.685. The first kappa shape index (κ1) is 21.1. The topological polar surface area (TPSA) is 30.3 Å². The van der Waals surface area contributed by atoms with Crippen molar-refractivity contribution in [2.24, 2.45) is 0 Å². The van der Waals surface area contributed by atoms with Gasteiger partial charge in [-0.3, -0.25) is 0 Å². The molecule has 0 N–H and O–H groups in total. The van der Waals surface area contributed by atoms with Crippen molar-refractivity contribution in [1.82, 2.24) is 14.5 Å². The van der Waals surface area contributed by atoms with Crippen LogP contribution < -0.4 is 4.74 Å². The van der Waals surface area contributed by atoms with Crippen molar-refractivity contribution in [2.45, 2.75) is 27.3 Å². The van der Waals surface area contributed by atoms with Gasteiger partial charge in [-0.15, -0.1) is 0 Å². The normalized spacial score (nSPS) is 11.4. The standard InChI is InChI=1S/C27H31N3O/c1-4-29(5-2)16-17-31-24-14-15-25-26(19-24)30(20-22-11-7-6-8-12-22)27(28-25)23-13-9-10-21(3)18-23/h6-15,18-19H,4-5,16-17,20H2,1-3H3. The minimum absolute atomic E-state index is 0.685. The van der Waals surface area contributed by atoms with Gasteiger partial charge in [0, 0.05) is 24.7 Å². The highest BCUT2D eigenvalue weighted by Crippen LogP contribution is 2.29. The molecule has 4 aromatic rings. The molecule has 0 fully saturated rings. The zero-order valence-electron chi connectivity index (χ0n) is 18.7. The molecule has 0 aliphatic rings. The van der Waals surface area contributed by atoms with Gasteiger partial charge in [-0.2, -0.15) is 0 Å². The maximum absolute atomic E-state index is 6.10. The van der Waals surface area contributed by atoms with Crippen LogP contribution in [0.5, 0.6) is 5.75 Å². The number of rotatable bonds is 9. The number of hydrogen-bond acceptors (Lipinski definition) is 3. The Morgan fingerprint density at radius 3 is 2.45 bits per heavy atom. The fourth-order valence-corrected chi connectivity index (χ4v) is 3.96. The predicted molar refractivity (Wildman–Crippen MR) is 129 cm³/mol. The van der Waals surface area contributed by atoms with Crippen LogP contribution in [0.4, 0.5) is 0 Å². The average molecular weight is 414 g/mol. The quantitative estimate of drug-likeness (QED) is 0.348. The number of fused-ring (bicyclic) bond motifs is 1. The number of hydrogen-bond donors (Lipinski definition) is 0. The third-order valence-electron chi connectivity index (χ3n) is 5.75. The second kappa shape index (κ2) is 9.80. The summed E-state index contributed by atoms with van der Waals surface area (Å²) in [5.74, 6) is 1.88. The van der Waals surface area contributed by atoms with Crippen molar-refractivity contribution in [2.75, 3.05) is 26.2 Å². The smallest absolute Gasteiger partial charge is 0.141 e. The molecule has 1 aromatic heterocycles. The SMILES string of the molecule is CCN(CC)CCOc1ccc2nc(-c3cccc(C)c3)n(Cc3ccccc3)c2c1. The molecule has 4 rings (SSSR count). The molecule has 3 aromatic carbocycles. The van der Waals surface area contributed by atoms with E-state index >= 15 is 0 Å². The molecular weight excluding hydrogens is 382 g/mol. The van der Waals surface area contributed by atoms with Crippen LogP contribution in [0, 0.1) is 6.92 Å². The van der Waals surface area contributed by atoms with Crippen LogP contribution >= 0.6 is 0 Å². The first-order chi connectivity index (χ1) is 15.2. The summed E-state index contributed by atoms with van der Waals surface area (Å²) in [4.78, 5) is 7.36. The summed E-state index contributed by atoms with van der Waals surface area (Å²) in [6.07, 6.45) is 0. The Morgan fingerprint density at radius 2 is 1.71 bits per heavy atom. The van der Waals surface area contributed by atoms with E-state index in [1.807, 2.05) is 6.07 Å². The molecule has 31 heavy (non-hydrogen) atoms. The maximum atomic E-state index is 6.10. The first-order valence-electron chi connectivity index (χ1n) is 11.1. The second-order valence-electron chi connectivity index (χ2n) is 7.90. The average Bonchev–Trinajstić information content (AvgIpc) is 3.15. The van der Waals surface area contributed by atoms with Gasteiger partial charge in [0.05, 0.1) is 11.0 Å². The Bertz CT molecular complexity index is 1130. The van der Waals surface area contributed by atoms with Gasteiger partial charge in [-0.1, -0.05) is 67.9 Å². The molecule has 0 amide bonds. The third-order valence-corrected chi connectivity index (χ3v) is 5.75. The van der Waals surface area contributed by atoms with Crippen molar-refractivity contribution in [3.8, 4) is 17.1 Å². The molecule has 0 atom stereocenters. The van der Waals surface area contributed by atoms with Crippen molar-refractivity contribution < 1.29 is 4.74 Å². The fraction of sp³-hybridized carbons (Fsp3) is 0.296. The molecule has 4 nitrogen and oxygen atoms in total. The molecule has 1 heterocycles. The van der Waals surface area contributed by atoms with E-state index in [4.69, 9.17) is 9.72 Å². The number of nitrogens with zero attached hydrogens (tertiary/aromatic N) is 3. The van der Waals surface area contributed by atoms with E-state index in [1.165, 1.54) is 11.1 Å². The number of likely N-dealkylation sites (N-methyl/N-ethyl adjacent to an activating group) is 1. The van der Waals surface area contributed by atoms with Gasteiger partial charge in [0.25, 0.3) is 0 Å². The zero-order chi connectivity index (χ0) is 21.6. The monoisotopic (exact) mass is 413 g/mol. The molecule has 0 saturated carbocycles. The van der Waals surface area contributed by atoms with Gasteiger partial charge < -0.3 is 14.2 Å². The van der Waals surface area contributed by atoms with Crippen LogP contribution in [-0.4, -0.2) is 40.7 Å². The van der Waals surface area contributed by atoms with E-state index in [0.29, 0.717) is 6.61 Å². The second-order valence-corrected chi connectivity index (χ2v) is 7.90. The maximum Gasteiger partial charge on any atom is 0.141 e. The summed E-state index contributed by atoms with van der Waals surface area (Å²) in [6.45, 7) is 11.0.